The number of non-ortho nitro benzene ring substituents is 2. The molecule has 0 bridgehead atoms. The normalized spacial score (nSPS) is 34.5. The molecule has 42 heavy (non-hydrogen) atoms. The van der Waals surface area contributed by atoms with Crippen molar-refractivity contribution in [2.24, 2.45) is 46.3 Å². The van der Waals surface area contributed by atoms with Gasteiger partial charge in [0.1, 0.15) is 6.10 Å². The van der Waals surface area contributed by atoms with E-state index >= 15 is 0 Å². The quantitative estimate of drug-likeness (QED) is 0.125. The fourth-order valence-electron chi connectivity index (χ4n) is 9.90. The van der Waals surface area contributed by atoms with Crippen LogP contribution in [0.3, 0.4) is 0 Å². The highest BCUT2D eigenvalue weighted by molar-refractivity contribution is 5.91. The van der Waals surface area contributed by atoms with Gasteiger partial charge in [-0.15, -0.1) is 0 Å². The molecule has 3 saturated carbocycles. The average Bonchev–Trinajstić information content (AvgIpc) is 3.30. The molecule has 0 N–H and O–H groups in total. The highest BCUT2D eigenvalue weighted by atomic mass is 16.6. The Labute approximate surface area is 250 Å². The van der Waals surface area contributed by atoms with Crippen molar-refractivity contribution >= 4 is 17.3 Å². The fourth-order valence-corrected chi connectivity index (χ4v) is 9.90. The van der Waals surface area contributed by atoms with E-state index in [4.69, 9.17) is 4.74 Å². The molecule has 4 aliphatic rings. The number of ether oxygens (including phenoxy) is 1. The monoisotopic (exact) mass is 580 g/mol. The summed E-state index contributed by atoms with van der Waals surface area (Å²) >= 11 is 0. The van der Waals surface area contributed by atoms with E-state index < -0.39 is 27.2 Å². The Balaban J connectivity index is 1.27. The highest BCUT2D eigenvalue weighted by Crippen LogP contribution is 2.67. The molecule has 0 aliphatic heterocycles. The van der Waals surface area contributed by atoms with Crippen LogP contribution < -0.4 is 0 Å². The maximum Gasteiger partial charge on any atom is 0.338 e. The smallest absolute Gasteiger partial charge is 0.338 e. The molecule has 3 fully saturated rings. The van der Waals surface area contributed by atoms with Gasteiger partial charge in [-0.05, 0) is 91.3 Å². The molecule has 4 aliphatic carbocycles. The molecule has 0 radical (unpaired) electrons. The first-order chi connectivity index (χ1) is 19.8. The zero-order chi connectivity index (χ0) is 30.4. The van der Waals surface area contributed by atoms with E-state index in [0.717, 1.165) is 67.1 Å². The fraction of sp³-hybridized carbons (Fsp3) is 0.735. The van der Waals surface area contributed by atoms with Gasteiger partial charge in [0.15, 0.2) is 0 Å². The number of rotatable bonds is 9. The molecule has 5 rings (SSSR count). The number of allylic oxidation sites excluding steroid dienone is 1. The largest absolute Gasteiger partial charge is 0.458 e. The molecule has 8 nitrogen and oxygen atoms in total. The Hall–Kier alpha value is -2.77. The summed E-state index contributed by atoms with van der Waals surface area (Å²) in [6.45, 7) is 12.2. The van der Waals surface area contributed by atoms with Crippen molar-refractivity contribution in [1.29, 1.82) is 0 Å². The zero-order valence-electron chi connectivity index (χ0n) is 26.0. The highest BCUT2D eigenvalue weighted by Gasteiger charge is 2.59. The Morgan fingerprint density at radius 1 is 0.952 bits per heavy atom. The number of nitro benzene ring substituents is 2. The summed E-state index contributed by atoms with van der Waals surface area (Å²) in [6, 6.07) is 2.99. The van der Waals surface area contributed by atoms with Crippen LogP contribution in [0.4, 0.5) is 11.4 Å². The average molecular weight is 581 g/mol. The summed E-state index contributed by atoms with van der Waals surface area (Å²) in [4.78, 5) is 34.1. The molecule has 0 unspecified atom stereocenters. The molecule has 0 spiro atoms. The molecule has 8 heteroatoms. The van der Waals surface area contributed by atoms with Gasteiger partial charge in [0.05, 0.1) is 21.5 Å². The van der Waals surface area contributed by atoms with Crippen LogP contribution in [0, 0.1) is 66.6 Å². The van der Waals surface area contributed by atoms with Crippen molar-refractivity contribution in [3.8, 4) is 0 Å². The van der Waals surface area contributed by atoms with Crippen LogP contribution in [0.15, 0.2) is 29.8 Å². The second kappa shape index (κ2) is 11.7. The van der Waals surface area contributed by atoms with Gasteiger partial charge in [-0.25, -0.2) is 4.79 Å². The van der Waals surface area contributed by atoms with Gasteiger partial charge < -0.3 is 4.74 Å². The summed E-state index contributed by atoms with van der Waals surface area (Å²) in [7, 11) is 0. The first-order valence-electron chi connectivity index (χ1n) is 16.2. The van der Waals surface area contributed by atoms with Crippen LogP contribution in [0.2, 0.25) is 0 Å². The van der Waals surface area contributed by atoms with Gasteiger partial charge in [-0.2, -0.15) is 0 Å². The summed E-state index contributed by atoms with van der Waals surface area (Å²) < 4.78 is 5.82. The summed E-state index contributed by atoms with van der Waals surface area (Å²) in [6.07, 6.45) is 14.9. The molecule has 0 amide bonds. The molecule has 1 aromatic rings. The van der Waals surface area contributed by atoms with Gasteiger partial charge in [0, 0.05) is 18.6 Å². The van der Waals surface area contributed by atoms with Gasteiger partial charge >= 0.3 is 5.97 Å². The second-order valence-corrected chi connectivity index (χ2v) is 14.8. The van der Waals surface area contributed by atoms with Crippen molar-refractivity contribution in [1.82, 2.24) is 0 Å². The minimum Gasteiger partial charge on any atom is -0.458 e. The van der Waals surface area contributed by atoms with E-state index in [2.05, 4.69) is 40.7 Å². The molecule has 230 valence electrons. The topological polar surface area (TPSA) is 113 Å². The number of benzene rings is 1. The van der Waals surface area contributed by atoms with Crippen molar-refractivity contribution in [2.45, 2.75) is 111 Å². The van der Waals surface area contributed by atoms with Crippen molar-refractivity contribution in [2.75, 3.05) is 0 Å². The number of hydrogen-bond donors (Lipinski definition) is 0. The van der Waals surface area contributed by atoms with Gasteiger partial charge in [0.2, 0.25) is 0 Å². The van der Waals surface area contributed by atoms with Crippen LogP contribution in [0.1, 0.15) is 116 Å². The molecule has 8 atom stereocenters. The van der Waals surface area contributed by atoms with Crippen molar-refractivity contribution < 1.29 is 19.4 Å². The first kappa shape index (κ1) is 30.7. The Morgan fingerprint density at radius 3 is 2.29 bits per heavy atom. The lowest BCUT2D eigenvalue weighted by molar-refractivity contribution is -0.394. The number of carbonyl (C=O) groups is 1. The van der Waals surface area contributed by atoms with E-state index in [1.54, 1.807) is 0 Å². The first-order valence-corrected chi connectivity index (χ1v) is 16.2. The van der Waals surface area contributed by atoms with Crippen LogP contribution in [0.25, 0.3) is 0 Å². The number of carbonyl (C=O) groups excluding carboxylic acids is 1. The number of hydrogen-bond acceptors (Lipinski definition) is 6. The molecule has 0 heterocycles. The molecule has 0 aromatic heterocycles. The molecular formula is C34H48N2O6. The van der Waals surface area contributed by atoms with Crippen molar-refractivity contribution in [3.05, 3.63) is 55.6 Å². The predicted octanol–water partition coefficient (Wildman–Crippen LogP) is 9.07. The summed E-state index contributed by atoms with van der Waals surface area (Å²) in [5.41, 5.74) is 0.806. The maximum absolute atomic E-state index is 13.0. The van der Waals surface area contributed by atoms with E-state index in [-0.39, 0.29) is 17.1 Å². The second-order valence-electron chi connectivity index (χ2n) is 14.8. The number of esters is 1. The summed E-state index contributed by atoms with van der Waals surface area (Å²) in [5.74, 6) is 3.81. The van der Waals surface area contributed by atoms with Gasteiger partial charge in [-0.1, -0.05) is 65.5 Å². The van der Waals surface area contributed by atoms with Crippen molar-refractivity contribution in [3.63, 3.8) is 0 Å². The number of fused-ring (bicyclic) bond motifs is 5. The van der Waals surface area contributed by atoms with Gasteiger partial charge in [0.25, 0.3) is 11.4 Å². The number of nitrogens with zero attached hydrogens (tertiary/aromatic N) is 2. The standard InChI is InChI=1S/C34H48N2O6/c1-21(2)7-6-8-22(3)29-11-12-30-28-10-9-24-19-27(13-15-33(24,4)31(28)14-16-34(29,30)5)42-32(37)23-17-25(35(38)39)20-26(18-23)36(40)41/h9,17-18,20-22,27-31H,6-8,10-16,19H2,1-5H3/t22-,27+,28-,29-,30+,31-,33+,34-/m1/s1. The third kappa shape index (κ3) is 5.62. The lowest BCUT2D eigenvalue weighted by Crippen LogP contribution is -2.51. The van der Waals surface area contributed by atoms with E-state index in [0.29, 0.717) is 17.8 Å². The Morgan fingerprint density at radius 2 is 1.64 bits per heavy atom. The third-order valence-corrected chi connectivity index (χ3v) is 12.1. The van der Waals surface area contributed by atoms with E-state index in [9.17, 15) is 25.0 Å². The SMILES string of the molecule is CC(C)CCC[C@@H](C)[C@H]1CC[C@H]2[C@H]3CC=C4C[C@@H](OC(=O)c5cc([N+](=O)[O-])cc([N+](=O)[O-])c5)CC[C@]4(C)[C@@H]3CC[C@]12C. The molecule has 1 aromatic carbocycles. The minimum absolute atomic E-state index is 0.110. The molecule has 0 saturated heterocycles. The summed E-state index contributed by atoms with van der Waals surface area (Å²) in [5, 5.41) is 22.6. The number of nitro groups is 2. The van der Waals surface area contributed by atoms with Crippen LogP contribution >= 0.6 is 0 Å². The van der Waals surface area contributed by atoms with Crippen LogP contribution in [-0.4, -0.2) is 21.9 Å². The molecular weight excluding hydrogens is 532 g/mol. The predicted molar refractivity (Wildman–Crippen MR) is 162 cm³/mol. The lowest BCUT2D eigenvalue weighted by Gasteiger charge is -2.58. The minimum atomic E-state index is -0.738. The Bertz CT molecular complexity index is 1230. The van der Waals surface area contributed by atoms with Crippen LogP contribution in [-0.2, 0) is 4.74 Å². The maximum atomic E-state index is 13.0. The zero-order valence-corrected chi connectivity index (χ0v) is 26.0. The lowest BCUT2D eigenvalue weighted by atomic mass is 9.47. The Kier molecular flexibility index (Phi) is 8.56. The van der Waals surface area contributed by atoms with E-state index in [1.807, 2.05) is 0 Å². The van der Waals surface area contributed by atoms with E-state index in [1.165, 1.54) is 50.5 Å². The van der Waals surface area contributed by atoms with Crippen LogP contribution in [0.5, 0.6) is 0 Å². The third-order valence-electron chi connectivity index (χ3n) is 12.1. The van der Waals surface area contributed by atoms with Gasteiger partial charge in [-0.3, -0.25) is 20.2 Å².